The summed E-state index contributed by atoms with van der Waals surface area (Å²) >= 11 is 6.74. The van der Waals surface area contributed by atoms with E-state index in [4.69, 9.17) is 11.6 Å². The summed E-state index contributed by atoms with van der Waals surface area (Å²) in [5.41, 5.74) is 7.38. The molecular formula is C26H31ClN4. The first kappa shape index (κ1) is 20.7. The molecule has 5 rings (SSSR count). The van der Waals surface area contributed by atoms with Crippen LogP contribution in [0.5, 0.6) is 0 Å². The van der Waals surface area contributed by atoms with Crippen molar-refractivity contribution >= 4 is 40.1 Å². The van der Waals surface area contributed by atoms with Gasteiger partial charge in [-0.1, -0.05) is 37.6 Å². The van der Waals surface area contributed by atoms with Gasteiger partial charge in [0.2, 0.25) is 0 Å². The molecule has 1 aliphatic carbocycles. The van der Waals surface area contributed by atoms with E-state index in [2.05, 4.69) is 64.5 Å². The molecule has 1 aromatic heterocycles. The maximum atomic E-state index is 6.74. The molecule has 2 N–H and O–H groups in total. The van der Waals surface area contributed by atoms with Gasteiger partial charge in [-0.2, -0.15) is 0 Å². The van der Waals surface area contributed by atoms with Crippen molar-refractivity contribution in [1.82, 2.24) is 10.3 Å². The summed E-state index contributed by atoms with van der Waals surface area (Å²) in [7, 11) is 0. The lowest BCUT2D eigenvalue weighted by atomic mass is 9.88. The molecule has 31 heavy (non-hydrogen) atoms. The molecule has 4 nitrogen and oxygen atoms in total. The highest BCUT2D eigenvalue weighted by Crippen LogP contribution is 2.38. The number of H-pyrrole nitrogens is 1. The van der Waals surface area contributed by atoms with Crippen molar-refractivity contribution in [2.75, 3.05) is 13.1 Å². The van der Waals surface area contributed by atoms with Crippen LogP contribution >= 0.6 is 11.6 Å². The Labute approximate surface area is 189 Å². The summed E-state index contributed by atoms with van der Waals surface area (Å²) < 4.78 is 0. The Morgan fingerprint density at radius 3 is 2.77 bits per heavy atom. The Bertz CT molecular complexity index is 1100. The zero-order chi connectivity index (χ0) is 21.4. The third-order valence-corrected chi connectivity index (χ3v) is 7.21. The summed E-state index contributed by atoms with van der Waals surface area (Å²) in [5, 5.41) is 5.57. The molecule has 3 aliphatic rings. The lowest BCUT2D eigenvalue weighted by Crippen LogP contribution is -2.26. The van der Waals surface area contributed by atoms with Gasteiger partial charge in [0.05, 0.1) is 16.8 Å². The highest BCUT2D eigenvalue weighted by atomic mass is 35.5. The van der Waals surface area contributed by atoms with Crippen molar-refractivity contribution in [2.24, 2.45) is 9.98 Å². The first-order chi connectivity index (χ1) is 15.1. The van der Waals surface area contributed by atoms with Crippen LogP contribution in [0.25, 0.3) is 16.5 Å². The minimum atomic E-state index is 0.282. The van der Waals surface area contributed by atoms with Crippen molar-refractivity contribution in [3.05, 3.63) is 52.2 Å². The fourth-order valence-electron chi connectivity index (χ4n) is 5.21. The fourth-order valence-corrected chi connectivity index (χ4v) is 5.46. The summed E-state index contributed by atoms with van der Waals surface area (Å²) in [5.74, 6) is 1.06. The van der Waals surface area contributed by atoms with Crippen LogP contribution in [-0.2, 0) is 0 Å². The Hall–Kier alpha value is -2.17. The molecule has 0 saturated carbocycles. The number of nitrogens with one attached hydrogen (secondary N) is 2. The number of nitrogens with zero attached hydrogens (tertiary/aromatic N) is 2. The second kappa shape index (κ2) is 8.76. The van der Waals surface area contributed by atoms with Crippen LogP contribution in [0.1, 0.15) is 74.6 Å². The minimum Gasteiger partial charge on any atom is -0.354 e. The third kappa shape index (κ3) is 4.16. The van der Waals surface area contributed by atoms with E-state index in [-0.39, 0.29) is 6.04 Å². The van der Waals surface area contributed by atoms with E-state index in [1.807, 2.05) is 0 Å². The molecular weight excluding hydrogens is 404 g/mol. The van der Waals surface area contributed by atoms with Crippen LogP contribution in [0.15, 0.2) is 45.4 Å². The average Bonchev–Trinajstić information content (AvgIpc) is 3.19. The predicted molar refractivity (Wildman–Crippen MR) is 133 cm³/mol. The van der Waals surface area contributed by atoms with Gasteiger partial charge in [0.1, 0.15) is 6.34 Å². The quantitative estimate of drug-likeness (QED) is 0.585. The maximum absolute atomic E-state index is 6.74. The number of aromatic amines is 1. The second-order valence-corrected chi connectivity index (χ2v) is 9.73. The number of fused-ring (bicyclic) bond motifs is 3. The molecule has 0 spiro atoms. The van der Waals surface area contributed by atoms with E-state index in [0.29, 0.717) is 11.8 Å². The van der Waals surface area contributed by atoms with Gasteiger partial charge in [0.15, 0.2) is 0 Å². The number of benzene rings is 1. The molecule has 1 aromatic carbocycles. The van der Waals surface area contributed by atoms with Gasteiger partial charge in [-0.25, -0.2) is 4.99 Å². The van der Waals surface area contributed by atoms with Crippen LogP contribution in [0.3, 0.4) is 0 Å². The highest BCUT2D eigenvalue weighted by molar-refractivity contribution is 6.44. The molecule has 2 aromatic rings. The van der Waals surface area contributed by atoms with E-state index < -0.39 is 0 Å². The second-order valence-electron chi connectivity index (χ2n) is 9.33. The number of hydrogen-bond donors (Lipinski definition) is 2. The van der Waals surface area contributed by atoms with Crippen molar-refractivity contribution in [3.63, 3.8) is 0 Å². The highest BCUT2D eigenvalue weighted by Gasteiger charge is 2.23. The lowest BCUT2D eigenvalue weighted by Gasteiger charge is -2.23. The number of rotatable bonds is 3. The SMILES string of the molecule is CC(C)c1c(C2=C/CCC3CC(=NC=N3)/C(Cl)=C\2)[nH]c2ccc(C3CCNCC3)cc12. The van der Waals surface area contributed by atoms with Gasteiger partial charge < -0.3 is 10.3 Å². The van der Waals surface area contributed by atoms with Crippen LogP contribution < -0.4 is 5.32 Å². The summed E-state index contributed by atoms with van der Waals surface area (Å²) in [6, 6.07) is 7.31. The largest absolute Gasteiger partial charge is 0.354 e. The summed E-state index contributed by atoms with van der Waals surface area (Å²) in [4.78, 5) is 12.7. The van der Waals surface area contributed by atoms with E-state index in [1.54, 1.807) is 6.34 Å². The van der Waals surface area contributed by atoms with Gasteiger partial charge in [-0.05, 0) is 85.5 Å². The van der Waals surface area contributed by atoms with Gasteiger partial charge in [0.25, 0.3) is 0 Å². The Morgan fingerprint density at radius 1 is 1.13 bits per heavy atom. The monoisotopic (exact) mass is 434 g/mol. The number of hydrogen-bond acceptors (Lipinski definition) is 3. The average molecular weight is 435 g/mol. The molecule has 1 fully saturated rings. The molecule has 3 heterocycles. The van der Waals surface area contributed by atoms with Crippen molar-refractivity contribution < 1.29 is 0 Å². The van der Waals surface area contributed by atoms with Crippen LogP contribution in [-0.4, -0.2) is 36.2 Å². The van der Waals surface area contributed by atoms with E-state index in [1.165, 1.54) is 46.1 Å². The van der Waals surface area contributed by atoms with Crippen LogP contribution in [0.4, 0.5) is 0 Å². The van der Waals surface area contributed by atoms with Crippen LogP contribution in [0, 0.1) is 0 Å². The molecule has 1 saturated heterocycles. The first-order valence-corrected chi connectivity index (χ1v) is 12.0. The summed E-state index contributed by atoms with van der Waals surface area (Å²) in [6.07, 6.45) is 11.4. The molecule has 5 heteroatoms. The fraction of sp³-hybridized carbons (Fsp3) is 0.462. The number of aromatic nitrogens is 1. The van der Waals surface area contributed by atoms with Crippen molar-refractivity contribution in [3.8, 4) is 0 Å². The molecule has 162 valence electrons. The van der Waals surface area contributed by atoms with Crippen LogP contribution in [0.2, 0.25) is 0 Å². The molecule has 0 amide bonds. The molecule has 0 radical (unpaired) electrons. The molecule has 2 aliphatic heterocycles. The molecule has 1 atom stereocenters. The van der Waals surface area contributed by atoms with Crippen molar-refractivity contribution in [1.29, 1.82) is 0 Å². The smallest absolute Gasteiger partial charge is 0.110 e. The zero-order valence-electron chi connectivity index (χ0n) is 18.4. The van der Waals surface area contributed by atoms with Crippen molar-refractivity contribution in [2.45, 2.75) is 63.8 Å². The van der Waals surface area contributed by atoms with Gasteiger partial charge in [-0.3, -0.25) is 4.99 Å². The Balaban J connectivity index is 1.60. The van der Waals surface area contributed by atoms with Gasteiger partial charge in [-0.15, -0.1) is 0 Å². The molecule has 2 bridgehead atoms. The van der Waals surface area contributed by atoms with Gasteiger partial charge in [0, 0.05) is 23.0 Å². The first-order valence-electron chi connectivity index (χ1n) is 11.6. The standard InChI is InChI=1S/C26H31ClN4/c1-16(2)25-21-12-18(17-8-10-28-11-9-17)6-7-23(21)31-26(25)19-4-3-5-20-14-24(22(27)13-19)30-15-29-20/h4,6-7,12-13,15-17,20,28,31H,3,5,8-11,14H2,1-2H3/b19-4+,22-13+. The maximum Gasteiger partial charge on any atom is 0.110 e. The summed E-state index contributed by atoms with van der Waals surface area (Å²) in [6.45, 7) is 6.80. The van der Waals surface area contributed by atoms with Gasteiger partial charge >= 0.3 is 0 Å². The Kier molecular flexibility index (Phi) is 5.85. The minimum absolute atomic E-state index is 0.282. The zero-order valence-corrected chi connectivity index (χ0v) is 19.2. The predicted octanol–water partition coefficient (Wildman–Crippen LogP) is 6.30. The topological polar surface area (TPSA) is 52.5 Å². The number of allylic oxidation sites excluding steroid dienone is 4. The van der Waals surface area contributed by atoms with E-state index in [0.717, 1.165) is 43.1 Å². The van der Waals surface area contributed by atoms with E-state index >= 15 is 0 Å². The lowest BCUT2D eigenvalue weighted by molar-refractivity contribution is 0.460. The molecule has 1 unspecified atom stereocenters. The number of aliphatic imine (C=N–C) groups is 2. The number of piperidine rings is 1. The Morgan fingerprint density at radius 2 is 1.97 bits per heavy atom. The normalized spacial score (nSPS) is 25.9. The number of halogens is 1. The third-order valence-electron chi connectivity index (χ3n) is 6.88. The van der Waals surface area contributed by atoms with E-state index in [9.17, 15) is 0 Å².